The molecule has 4 nitrogen and oxygen atoms in total. The van der Waals surface area contributed by atoms with Crippen molar-refractivity contribution < 1.29 is 9.90 Å². The summed E-state index contributed by atoms with van der Waals surface area (Å²) in [6.45, 7) is 6.42. The van der Waals surface area contributed by atoms with Gasteiger partial charge in [-0.25, -0.2) is 0 Å². The van der Waals surface area contributed by atoms with Crippen molar-refractivity contribution >= 4 is 5.91 Å². The molecule has 1 atom stereocenters. The quantitative estimate of drug-likeness (QED) is 0.926. The Kier molecular flexibility index (Phi) is 5.76. The van der Waals surface area contributed by atoms with Gasteiger partial charge in [0, 0.05) is 31.2 Å². The van der Waals surface area contributed by atoms with Crippen LogP contribution in [0.4, 0.5) is 0 Å². The Balaban J connectivity index is 0.000000774. The molecule has 1 heterocycles. The molecule has 3 rings (SSSR count). The Morgan fingerprint density at radius 2 is 1.86 bits per heavy atom. The Morgan fingerprint density at radius 1 is 1.19 bits per heavy atom. The first kappa shape index (κ1) is 16.0. The van der Waals surface area contributed by atoms with Gasteiger partial charge in [0.05, 0.1) is 12.6 Å². The van der Waals surface area contributed by atoms with E-state index in [-0.39, 0.29) is 18.6 Å². The summed E-state index contributed by atoms with van der Waals surface area (Å²) in [7, 11) is 0. The number of benzene rings is 1. The van der Waals surface area contributed by atoms with E-state index in [2.05, 4.69) is 4.90 Å². The number of carbonyl (C=O) groups excluding carboxylic acids is 1. The smallest absolute Gasteiger partial charge is 0.253 e. The molecular weight excluding hydrogens is 264 g/mol. The van der Waals surface area contributed by atoms with Crippen LogP contribution in [0.5, 0.6) is 0 Å². The summed E-state index contributed by atoms with van der Waals surface area (Å²) in [5.41, 5.74) is 0.735. The van der Waals surface area contributed by atoms with Crippen LogP contribution in [0, 0.1) is 0 Å². The van der Waals surface area contributed by atoms with Gasteiger partial charge in [0.2, 0.25) is 0 Å². The average molecular weight is 290 g/mol. The number of piperazine rings is 1. The summed E-state index contributed by atoms with van der Waals surface area (Å²) in [5, 5.41) is 9.53. The van der Waals surface area contributed by atoms with Crippen LogP contribution in [0.15, 0.2) is 30.3 Å². The first-order chi connectivity index (χ1) is 10.3. The summed E-state index contributed by atoms with van der Waals surface area (Å²) in [6.07, 6.45) is 2.48. The van der Waals surface area contributed by atoms with Crippen molar-refractivity contribution in [3.05, 3.63) is 35.9 Å². The van der Waals surface area contributed by atoms with E-state index in [1.54, 1.807) is 0 Å². The molecule has 1 saturated heterocycles. The molecule has 116 valence electrons. The monoisotopic (exact) mass is 290 g/mol. The highest BCUT2D eigenvalue weighted by Gasteiger charge is 2.38. The highest BCUT2D eigenvalue weighted by atomic mass is 16.3. The van der Waals surface area contributed by atoms with Gasteiger partial charge in [0.1, 0.15) is 0 Å². The van der Waals surface area contributed by atoms with Crippen molar-refractivity contribution in [2.45, 2.75) is 38.8 Å². The van der Waals surface area contributed by atoms with Crippen molar-refractivity contribution in [2.24, 2.45) is 0 Å². The summed E-state index contributed by atoms with van der Waals surface area (Å²) in [5.74, 6) is 0.0782. The largest absolute Gasteiger partial charge is 0.395 e. The minimum atomic E-state index is 0.0782. The zero-order chi connectivity index (χ0) is 15.2. The predicted molar refractivity (Wildman–Crippen MR) is 84.3 cm³/mol. The molecule has 0 aromatic heterocycles. The Labute approximate surface area is 127 Å². The first-order valence-electron chi connectivity index (χ1n) is 8.00. The number of carbonyl (C=O) groups is 1. The fourth-order valence-electron chi connectivity index (χ4n) is 2.87. The molecule has 1 unspecified atom stereocenters. The van der Waals surface area contributed by atoms with Gasteiger partial charge in [0.25, 0.3) is 5.91 Å². The number of rotatable bonds is 3. The molecule has 1 aliphatic carbocycles. The van der Waals surface area contributed by atoms with E-state index < -0.39 is 0 Å². The molecule has 0 bridgehead atoms. The maximum absolute atomic E-state index is 12.4. The van der Waals surface area contributed by atoms with Gasteiger partial charge in [-0.3, -0.25) is 9.69 Å². The van der Waals surface area contributed by atoms with E-state index in [1.165, 1.54) is 12.8 Å². The first-order valence-corrected chi connectivity index (χ1v) is 8.00. The van der Waals surface area contributed by atoms with E-state index in [4.69, 9.17) is 0 Å². The minimum Gasteiger partial charge on any atom is -0.395 e. The average Bonchev–Trinajstić information content (AvgIpc) is 3.41. The third kappa shape index (κ3) is 3.83. The van der Waals surface area contributed by atoms with Crippen LogP contribution in [-0.2, 0) is 0 Å². The maximum Gasteiger partial charge on any atom is 0.253 e. The lowest BCUT2D eigenvalue weighted by molar-refractivity contribution is 0.0289. The van der Waals surface area contributed by atoms with Gasteiger partial charge >= 0.3 is 0 Å². The lowest BCUT2D eigenvalue weighted by Gasteiger charge is -2.41. The van der Waals surface area contributed by atoms with E-state index in [9.17, 15) is 9.90 Å². The van der Waals surface area contributed by atoms with E-state index in [0.717, 1.165) is 18.7 Å². The van der Waals surface area contributed by atoms with Crippen LogP contribution in [0.2, 0.25) is 0 Å². The second-order valence-electron chi connectivity index (χ2n) is 5.42. The topological polar surface area (TPSA) is 43.8 Å². The maximum atomic E-state index is 12.4. The van der Waals surface area contributed by atoms with Crippen molar-refractivity contribution in [3.8, 4) is 0 Å². The lowest BCUT2D eigenvalue weighted by Crippen LogP contribution is -2.56. The highest BCUT2D eigenvalue weighted by Crippen LogP contribution is 2.30. The number of aliphatic hydroxyl groups is 1. The molecule has 1 saturated carbocycles. The van der Waals surface area contributed by atoms with E-state index >= 15 is 0 Å². The third-order valence-corrected chi connectivity index (χ3v) is 4.06. The molecule has 2 fully saturated rings. The fourth-order valence-corrected chi connectivity index (χ4v) is 2.87. The van der Waals surface area contributed by atoms with Crippen LogP contribution < -0.4 is 0 Å². The predicted octanol–water partition coefficient (Wildman–Crippen LogP) is 1.99. The molecule has 0 spiro atoms. The van der Waals surface area contributed by atoms with Gasteiger partial charge in [0.15, 0.2) is 0 Å². The summed E-state index contributed by atoms with van der Waals surface area (Å²) >= 11 is 0. The molecular formula is C17H26N2O2. The molecule has 1 aromatic carbocycles. The van der Waals surface area contributed by atoms with Crippen LogP contribution in [0.1, 0.15) is 37.0 Å². The normalized spacial score (nSPS) is 22.4. The highest BCUT2D eigenvalue weighted by molar-refractivity contribution is 5.94. The number of hydrogen-bond donors (Lipinski definition) is 1. The lowest BCUT2D eigenvalue weighted by atomic mass is 10.1. The number of nitrogens with zero attached hydrogens (tertiary/aromatic N) is 2. The van der Waals surface area contributed by atoms with Gasteiger partial charge < -0.3 is 10.0 Å². The molecule has 1 aromatic rings. The Hall–Kier alpha value is -1.39. The molecule has 0 radical (unpaired) electrons. The van der Waals surface area contributed by atoms with E-state index in [1.807, 2.05) is 49.1 Å². The molecule has 1 aliphatic heterocycles. The van der Waals surface area contributed by atoms with Crippen LogP contribution in [-0.4, -0.2) is 59.1 Å². The summed E-state index contributed by atoms with van der Waals surface area (Å²) in [4.78, 5) is 16.6. The zero-order valence-electron chi connectivity index (χ0n) is 13.0. The second kappa shape index (κ2) is 7.57. The molecule has 21 heavy (non-hydrogen) atoms. The molecule has 2 aliphatic rings. The summed E-state index contributed by atoms with van der Waals surface area (Å²) in [6, 6.07) is 10.1. The Bertz CT molecular complexity index is 445. The van der Waals surface area contributed by atoms with Crippen LogP contribution >= 0.6 is 0 Å². The SMILES string of the molecule is CC.O=C(c1ccccc1)N1CCN(C2CC2)C(CO)C1. The third-order valence-electron chi connectivity index (χ3n) is 4.06. The molecule has 1 amide bonds. The van der Waals surface area contributed by atoms with Crippen LogP contribution in [0.3, 0.4) is 0 Å². The minimum absolute atomic E-state index is 0.0782. The van der Waals surface area contributed by atoms with Gasteiger partial charge in [-0.15, -0.1) is 0 Å². The fraction of sp³-hybridized carbons (Fsp3) is 0.588. The van der Waals surface area contributed by atoms with Crippen molar-refractivity contribution in [2.75, 3.05) is 26.2 Å². The van der Waals surface area contributed by atoms with Crippen molar-refractivity contribution in [1.82, 2.24) is 9.80 Å². The van der Waals surface area contributed by atoms with Gasteiger partial charge in [-0.1, -0.05) is 32.0 Å². The molecule has 1 N–H and O–H groups in total. The summed E-state index contributed by atoms with van der Waals surface area (Å²) < 4.78 is 0. The number of aliphatic hydroxyl groups excluding tert-OH is 1. The van der Waals surface area contributed by atoms with Crippen LogP contribution in [0.25, 0.3) is 0 Å². The van der Waals surface area contributed by atoms with Crippen molar-refractivity contribution in [3.63, 3.8) is 0 Å². The van der Waals surface area contributed by atoms with Gasteiger partial charge in [-0.2, -0.15) is 0 Å². The second-order valence-corrected chi connectivity index (χ2v) is 5.42. The van der Waals surface area contributed by atoms with E-state index in [0.29, 0.717) is 12.6 Å². The Morgan fingerprint density at radius 3 is 2.43 bits per heavy atom. The van der Waals surface area contributed by atoms with Gasteiger partial charge in [-0.05, 0) is 25.0 Å². The zero-order valence-corrected chi connectivity index (χ0v) is 13.0. The van der Waals surface area contributed by atoms with Crippen molar-refractivity contribution in [1.29, 1.82) is 0 Å². The number of amides is 1. The standard InChI is InChI=1S/C15H20N2O2.C2H6/c18-11-14-10-16(8-9-17(14)13-6-7-13)15(19)12-4-2-1-3-5-12;1-2/h1-5,13-14,18H,6-11H2;1-2H3. The number of hydrogen-bond acceptors (Lipinski definition) is 3. The molecule has 4 heteroatoms.